The second kappa shape index (κ2) is 6.35. The predicted molar refractivity (Wildman–Crippen MR) is 81.2 cm³/mol. The Morgan fingerprint density at radius 3 is 2.73 bits per heavy atom. The molecular formula is C14H17N5O2S. The zero-order valence-corrected chi connectivity index (χ0v) is 13.5. The lowest BCUT2D eigenvalue weighted by Crippen LogP contribution is -2.07. The van der Waals surface area contributed by atoms with Gasteiger partial charge in [-0.3, -0.25) is 4.57 Å². The molecule has 3 aromatic heterocycles. The summed E-state index contributed by atoms with van der Waals surface area (Å²) in [6.45, 7) is 6.90. The highest BCUT2D eigenvalue weighted by atomic mass is 32.2. The SMILES string of the molecule is Cc1nnc(CSc2nnc(-c3ccco3)n2CC(C)C)o1. The summed E-state index contributed by atoms with van der Waals surface area (Å²) in [6, 6.07) is 3.73. The van der Waals surface area contributed by atoms with E-state index in [1.165, 1.54) is 11.8 Å². The molecule has 0 bridgehead atoms. The maximum absolute atomic E-state index is 5.45. The average molecular weight is 319 g/mol. The molecule has 0 aliphatic rings. The Labute approximate surface area is 132 Å². The van der Waals surface area contributed by atoms with Crippen LogP contribution in [-0.4, -0.2) is 25.0 Å². The molecule has 3 aromatic rings. The second-order valence-electron chi connectivity index (χ2n) is 5.29. The number of hydrogen-bond donors (Lipinski definition) is 0. The zero-order valence-electron chi connectivity index (χ0n) is 12.7. The molecule has 116 valence electrons. The fourth-order valence-electron chi connectivity index (χ4n) is 2.04. The number of aryl methyl sites for hydroxylation is 1. The molecule has 0 aromatic carbocycles. The summed E-state index contributed by atoms with van der Waals surface area (Å²) in [5, 5.41) is 17.2. The molecule has 0 N–H and O–H groups in total. The average Bonchev–Trinajstić information content (AvgIpc) is 3.17. The van der Waals surface area contributed by atoms with E-state index >= 15 is 0 Å². The second-order valence-corrected chi connectivity index (χ2v) is 6.23. The third-order valence-corrected chi connectivity index (χ3v) is 3.85. The standard InChI is InChI=1S/C14H17N5O2S/c1-9(2)7-19-13(11-5-4-6-20-11)17-18-14(19)22-8-12-16-15-10(3)21-12/h4-6,9H,7-8H2,1-3H3. The van der Waals surface area contributed by atoms with Crippen molar-refractivity contribution < 1.29 is 8.83 Å². The Morgan fingerprint density at radius 2 is 2.09 bits per heavy atom. The maximum atomic E-state index is 5.45. The molecule has 0 amide bonds. The number of aromatic nitrogens is 5. The van der Waals surface area contributed by atoms with Gasteiger partial charge in [0, 0.05) is 13.5 Å². The Hall–Kier alpha value is -2.09. The zero-order chi connectivity index (χ0) is 15.5. The Morgan fingerprint density at radius 1 is 1.23 bits per heavy atom. The van der Waals surface area contributed by atoms with Crippen molar-refractivity contribution in [2.24, 2.45) is 5.92 Å². The van der Waals surface area contributed by atoms with Crippen LogP contribution in [0.25, 0.3) is 11.6 Å². The first kappa shape index (κ1) is 14.8. The van der Waals surface area contributed by atoms with Crippen LogP contribution in [0.3, 0.4) is 0 Å². The maximum Gasteiger partial charge on any atom is 0.226 e. The molecule has 3 heterocycles. The molecule has 7 nitrogen and oxygen atoms in total. The van der Waals surface area contributed by atoms with E-state index in [-0.39, 0.29) is 0 Å². The molecule has 3 rings (SSSR count). The van der Waals surface area contributed by atoms with E-state index < -0.39 is 0 Å². The van der Waals surface area contributed by atoms with E-state index in [0.717, 1.165) is 17.5 Å². The van der Waals surface area contributed by atoms with Crippen molar-refractivity contribution in [1.82, 2.24) is 25.0 Å². The first-order valence-corrected chi connectivity index (χ1v) is 8.01. The summed E-state index contributed by atoms with van der Waals surface area (Å²) >= 11 is 1.53. The minimum absolute atomic E-state index is 0.467. The van der Waals surface area contributed by atoms with Crippen LogP contribution in [0.2, 0.25) is 0 Å². The van der Waals surface area contributed by atoms with Gasteiger partial charge in [-0.2, -0.15) is 0 Å². The predicted octanol–water partition coefficient (Wildman–Crippen LogP) is 3.18. The van der Waals surface area contributed by atoms with Crippen LogP contribution in [0.15, 0.2) is 32.4 Å². The summed E-state index contributed by atoms with van der Waals surface area (Å²) in [5.41, 5.74) is 0. The van der Waals surface area contributed by atoms with Crippen molar-refractivity contribution >= 4 is 11.8 Å². The molecular weight excluding hydrogens is 302 g/mol. The topological polar surface area (TPSA) is 82.8 Å². The fraction of sp³-hybridized carbons (Fsp3) is 0.429. The molecule has 0 saturated carbocycles. The minimum Gasteiger partial charge on any atom is -0.461 e. The lowest BCUT2D eigenvalue weighted by atomic mass is 10.2. The van der Waals surface area contributed by atoms with Gasteiger partial charge in [-0.05, 0) is 18.1 Å². The highest BCUT2D eigenvalue weighted by Crippen LogP contribution is 2.27. The molecule has 0 unspecified atom stereocenters. The molecule has 0 radical (unpaired) electrons. The molecule has 0 spiro atoms. The van der Waals surface area contributed by atoms with Gasteiger partial charge in [0.1, 0.15) is 0 Å². The lowest BCUT2D eigenvalue weighted by molar-refractivity contribution is 0.482. The monoisotopic (exact) mass is 319 g/mol. The van der Waals surface area contributed by atoms with E-state index in [1.807, 2.05) is 12.1 Å². The third kappa shape index (κ3) is 3.22. The van der Waals surface area contributed by atoms with Gasteiger partial charge in [0.15, 0.2) is 16.7 Å². The van der Waals surface area contributed by atoms with E-state index in [9.17, 15) is 0 Å². The van der Waals surface area contributed by atoms with Gasteiger partial charge >= 0.3 is 0 Å². The van der Waals surface area contributed by atoms with Crippen molar-refractivity contribution in [3.8, 4) is 11.6 Å². The molecule has 8 heteroatoms. The first-order valence-electron chi connectivity index (χ1n) is 7.02. The van der Waals surface area contributed by atoms with E-state index in [4.69, 9.17) is 8.83 Å². The summed E-state index contributed by atoms with van der Waals surface area (Å²) in [7, 11) is 0. The molecule has 0 atom stereocenters. The third-order valence-electron chi connectivity index (χ3n) is 2.90. The van der Waals surface area contributed by atoms with E-state index in [1.54, 1.807) is 13.2 Å². The Bertz CT molecular complexity index is 732. The van der Waals surface area contributed by atoms with Crippen LogP contribution >= 0.6 is 11.8 Å². The van der Waals surface area contributed by atoms with Crippen molar-refractivity contribution in [1.29, 1.82) is 0 Å². The highest BCUT2D eigenvalue weighted by molar-refractivity contribution is 7.98. The van der Waals surface area contributed by atoms with Gasteiger partial charge in [0.05, 0.1) is 12.0 Å². The van der Waals surface area contributed by atoms with Crippen LogP contribution < -0.4 is 0 Å². The summed E-state index contributed by atoms with van der Waals surface area (Å²) < 4.78 is 12.9. The van der Waals surface area contributed by atoms with Crippen LogP contribution in [0.4, 0.5) is 0 Å². The smallest absolute Gasteiger partial charge is 0.226 e. The lowest BCUT2D eigenvalue weighted by Gasteiger charge is -2.10. The molecule has 0 fully saturated rings. The van der Waals surface area contributed by atoms with Crippen LogP contribution in [0.5, 0.6) is 0 Å². The van der Waals surface area contributed by atoms with E-state index in [2.05, 4.69) is 38.8 Å². The van der Waals surface area contributed by atoms with Crippen LogP contribution in [0.1, 0.15) is 25.6 Å². The van der Waals surface area contributed by atoms with Crippen LogP contribution in [0, 0.1) is 12.8 Å². The van der Waals surface area contributed by atoms with Crippen molar-refractivity contribution in [2.45, 2.75) is 38.2 Å². The quantitative estimate of drug-likeness (QED) is 0.645. The van der Waals surface area contributed by atoms with Gasteiger partial charge in [0.25, 0.3) is 0 Å². The van der Waals surface area contributed by atoms with Gasteiger partial charge in [0.2, 0.25) is 11.8 Å². The van der Waals surface area contributed by atoms with Gasteiger partial charge in [-0.15, -0.1) is 20.4 Å². The highest BCUT2D eigenvalue weighted by Gasteiger charge is 2.18. The molecule has 22 heavy (non-hydrogen) atoms. The van der Waals surface area contributed by atoms with Crippen LogP contribution in [-0.2, 0) is 12.3 Å². The first-order chi connectivity index (χ1) is 10.6. The van der Waals surface area contributed by atoms with Crippen molar-refractivity contribution in [3.63, 3.8) is 0 Å². The van der Waals surface area contributed by atoms with Gasteiger partial charge in [-0.25, -0.2) is 0 Å². The largest absolute Gasteiger partial charge is 0.461 e. The number of hydrogen-bond acceptors (Lipinski definition) is 7. The summed E-state index contributed by atoms with van der Waals surface area (Å²) in [6.07, 6.45) is 1.64. The van der Waals surface area contributed by atoms with Crippen molar-refractivity contribution in [2.75, 3.05) is 0 Å². The Kier molecular flexibility index (Phi) is 4.28. The van der Waals surface area contributed by atoms with Crippen molar-refractivity contribution in [3.05, 3.63) is 30.2 Å². The molecule has 0 aliphatic carbocycles. The van der Waals surface area contributed by atoms with E-state index in [0.29, 0.717) is 29.2 Å². The summed E-state index contributed by atoms with van der Waals surface area (Å²) in [5.74, 6) is 3.64. The normalized spacial score (nSPS) is 11.5. The fourth-order valence-corrected chi connectivity index (χ4v) is 2.82. The van der Waals surface area contributed by atoms with Gasteiger partial charge in [-0.1, -0.05) is 25.6 Å². The summed E-state index contributed by atoms with van der Waals surface area (Å²) in [4.78, 5) is 0. The number of rotatable bonds is 6. The number of nitrogens with zero attached hydrogens (tertiary/aromatic N) is 5. The number of furan rings is 1. The van der Waals surface area contributed by atoms with Gasteiger partial charge < -0.3 is 8.83 Å². The number of thioether (sulfide) groups is 1. The molecule has 0 saturated heterocycles. The minimum atomic E-state index is 0.467. The molecule has 0 aliphatic heterocycles. The Balaban J connectivity index is 1.83.